The molecule has 1 rings (SSSR count). The van der Waals surface area contributed by atoms with Crippen molar-refractivity contribution in [3.05, 3.63) is 0 Å². The fourth-order valence-electron chi connectivity index (χ4n) is 2.15. The van der Waals surface area contributed by atoms with Gasteiger partial charge in [-0.25, -0.2) is 0 Å². The number of hydrogen-bond donors (Lipinski definition) is 2. The normalized spacial score (nSPS) is 20.9. The molecule has 4 heteroatoms. The second-order valence-electron chi connectivity index (χ2n) is 5.10. The van der Waals surface area contributed by atoms with Crippen molar-refractivity contribution in [2.45, 2.75) is 45.6 Å². The Hall–Kier alpha value is -0.610. The molecule has 1 heterocycles. The lowest BCUT2D eigenvalue weighted by Gasteiger charge is -2.26. The fraction of sp³-hybridized carbons (Fsp3) is 0.923. The van der Waals surface area contributed by atoms with Gasteiger partial charge >= 0.3 is 0 Å². The maximum atomic E-state index is 11.7. The summed E-state index contributed by atoms with van der Waals surface area (Å²) in [6.45, 7) is 8.11. The molecule has 0 aliphatic carbocycles. The Bertz CT molecular complexity index is 227. The molecule has 0 spiro atoms. The minimum Gasteiger partial charge on any atom is -0.353 e. The summed E-state index contributed by atoms with van der Waals surface area (Å²) in [6, 6.07) is -0.360. The molecule has 1 fully saturated rings. The topological polar surface area (TPSA) is 58.4 Å². The van der Waals surface area contributed by atoms with Gasteiger partial charge in [0.1, 0.15) is 0 Å². The quantitative estimate of drug-likeness (QED) is 0.728. The van der Waals surface area contributed by atoms with Gasteiger partial charge in [-0.2, -0.15) is 0 Å². The maximum absolute atomic E-state index is 11.7. The van der Waals surface area contributed by atoms with Crippen LogP contribution < -0.4 is 11.1 Å². The van der Waals surface area contributed by atoms with E-state index >= 15 is 0 Å². The van der Waals surface area contributed by atoms with Gasteiger partial charge in [0.25, 0.3) is 0 Å². The van der Waals surface area contributed by atoms with Crippen LogP contribution in [0, 0.1) is 5.92 Å². The Morgan fingerprint density at radius 1 is 1.35 bits per heavy atom. The van der Waals surface area contributed by atoms with E-state index in [2.05, 4.69) is 17.1 Å². The van der Waals surface area contributed by atoms with Crippen LogP contribution in [0.1, 0.15) is 39.5 Å². The number of carbonyl (C=O) groups is 1. The van der Waals surface area contributed by atoms with Gasteiger partial charge < -0.3 is 16.0 Å². The number of nitrogens with two attached hydrogens (primary N) is 1. The third-order valence-corrected chi connectivity index (χ3v) is 3.74. The molecule has 0 bridgehead atoms. The van der Waals surface area contributed by atoms with Gasteiger partial charge in [-0.1, -0.05) is 26.7 Å². The first-order valence-corrected chi connectivity index (χ1v) is 6.90. The molecule has 0 aromatic heterocycles. The van der Waals surface area contributed by atoms with E-state index in [1.54, 1.807) is 0 Å². The highest BCUT2D eigenvalue weighted by atomic mass is 16.2. The van der Waals surface area contributed by atoms with Crippen LogP contribution in [0.5, 0.6) is 0 Å². The monoisotopic (exact) mass is 241 g/mol. The number of nitrogens with one attached hydrogen (secondary N) is 1. The smallest absolute Gasteiger partial charge is 0.237 e. The molecule has 0 unspecified atom stereocenters. The Morgan fingerprint density at radius 3 is 2.59 bits per heavy atom. The molecule has 0 radical (unpaired) electrons. The van der Waals surface area contributed by atoms with Gasteiger partial charge in [0, 0.05) is 13.1 Å². The summed E-state index contributed by atoms with van der Waals surface area (Å²) in [7, 11) is 0. The summed E-state index contributed by atoms with van der Waals surface area (Å²) in [5.74, 6) is 0.251. The van der Waals surface area contributed by atoms with E-state index in [0.29, 0.717) is 0 Å². The van der Waals surface area contributed by atoms with Gasteiger partial charge in [-0.15, -0.1) is 0 Å². The number of carbonyl (C=O) groups excluding carboxylic acids is 1. The molecule has 0 aromatic carbocycles. The van der Waals surface area contributed by atoms with Crippen molar-refractivity contribution in [2.75, 3.05) is 26.2 Å². The number of amides is 1. The Morgan fingerprint density at radius 2 is 2.00 bits per heavy atom. The Labute approximate surface area is 105 Å². The standard InChI is InChI=1S/C13H27N3O/c1-3-11(2)12(14)13(17)15-7-10-16-8-5-4-6-9-16/h11-12H,3-10,14H2,1-2H3,(H,15,17)/t11-,12-/m0/s1. The van der Waals surface area contributed by atoms with Crippen LogP contribution in [0.4, 0.5) is 0 Å². The lowest BCUT2D eigenvalue weighted by Crippen LogP contribution is -2.47. The molecule has 17 heavy (non-hydrogen) atoms. The average Bonchev–Trinajstić information content (AvgIpc) is 2.38. The van der Waals surface area contributed by atoms with Gasteiger partial charge in [0.15, 0.2) is 0 Å². The van der Waals surface area contributed by atoms with E-state index in [4.69, 9.17) is 5.73 Å². The molecule has 1 saturated heterocycles. The third kappa shape index (κ3) is 5.04. The van der Waals surface area contributed by atoms with Crippen molar-refractivity contribution in [2.24, 2.45) is 11.7 Å². The number of nitrogens with zero attached hydrogens (tertiary/aromatic N) is 1. The van der Waals surface area contributed by atoms with Crippen LogP contribution in [0.15, 0.2) is 0 Å². The van der Waals surface area contributed by atoms with Crippen LogP contribution in [-0.2, 0) is 4.79 Å². The second kappa shape index (κ2) is 7.67. The summed E-state index contributed by atoms with van der Waals surface area (Å²) in [5.41, 5.74) is 5.86. The summed E-state index contributed by atoms with van der Waals surface area (Å²) in [5, 5.41) is 2.94. The minimum absolute atomic E-state index is 0.00337. The maximum Gasteiger partial charge on any atom is 0.237 e. The van der Waals surface area contributed by atoms with Crippen LogP contribution in [0.3, 0.4) is 0 Å². The summed E-state index contributed by atoms with van der Waals surface area (Å²) >= 11 is 0. The van der Waals surface area contributed by atoms with Crippen LogP contribution in [-0.4, -0.2) is 43.0 Å². The highest BCUT2D eigenvalue weighted by Gasteiger charge is 2.19. The molecule has 2 atom stereocenters. The molecule has 0 saturated carbocycles. The van der Waals surface area contributed by atoms with Crippen molar-refractivity contribution in [1.82, 2.24) is 10.2 Å². The van der Waals surface area contributed by atoms with Crippen molar-refractivity contribution < 1.29 is 4.79 Å². The van der Waals surface area contributed by atoms with E-state index < -0.39 is 0 Å². The molecule has 3 N–H and O–H groups in total. The predicted molar refractivity (Wildman–Crippen MR) is 70.7 cm³/mol. The second-order valence-corrected chi connectivity index (χ2v) is 5.10. The first-order chi connectivity index (χ1) is 8.15. The highest BCUT2D eigenvalue weighted by molar-refractivity contribution is 5.81. The van der Waals surface area contributed by atoms with Crippen molar-refractivity contribution in [3.63, 3.8) is 0 Å². The Balaban J connectivity index is 2.14. The molecule has 4 nitrogen and oxygen atoms in total. The van der Waals surface area contributed by atoms with Crippen molar-refractivity contribution in [1.29, 1.82) is 0 Å². The Kier molecular flexibility index (Phi) is 6.52. The summed E-state index contributed by atoms with van der Waals surface area (Å²) in [4.78, 5) is 14.1. The van der Waals surface area contributed by atoms with Gasteiger partial charge in [0.2, 0.25) is 5.91 Å². The molecule has 1 aliphatic rings. The fourth-order valence-corrected chi connectivity index (χ4v) is 2.15. The van der Waals surface area contributed by atoms with Crippen molar-refractivity contribution >= 4 is 5.91 Å². The van der Waals surface area contributed by atoms with Crippen LogP contribution >= 0.6 is 0 Å². The third-order valence-electron chi connectivity index (χ3n) is 3.74. The van der Waals surface area contributed by atoms with E-state index in [1.807, 2.05) is 6.92 Å². The SMILES string of the molecule is CC[C@H](C)[C@H](N)C(=O)NCCN1CCCCC1. The van der Waals surface area contributed by atoms with Gasteiger partial charge in [0.05, 0.1) is 6.04 Å². The van der Waals surface area contributed by atoms with Crippen LogP contribution in [0.25, 0.3) is 0 Å². The number of likely N-dealkylation sites (tertiary alicyclic amines) is 1. The molecular formula is C13H27N3O. The first kappa shape index (κ1) is 14.5. The first-order valence-electron chi connectivity index (χ1n) is 6.90. The zero-order valence-corrected chi connectivity index (χ0v) is 11.2. The summed E-state index contributed by atoms with van der Waals surface area (Å²) < 4.78 is 0. The van der Waals surface area contributed by atoms with E-state index in [1.165, 1.54) is 32.4 Å². The number of rotatable bonds is 6. The average molecular weight is 241 g/mol. The van der Waals surface area contributed by atoms with E-state index in [-0.39, 0.29) is 17.9 Å². The van der Waals surface area contributed by atoms with E-state index in [0.717, 1.165) is 19.5 Å². The molecule has 100 valence electrons. The molecule has 1 aliphatic heterocycles. The van der Waals surface area contributed by atoms with E-state index in [9.17, 15) is 4.79 Å². The molecular weight excluding hydrogens is 214 g/mol. The molecule has 1 amide bonds. The lowest BCUT2D eigenvalue weighted by molar-refractivity contribution is -0.123. The summed E-state index contributed by atoms with van der Waals surface area (Å²) in [6.07, 6.45) is 4.88. The molecule has 0 aromatic rings. The lowest BCUT2D eigenvalue weighted by atomic mass is 9.99. The van der Waals surface area contributed by atoms with Crippen molar-refractivity contribution in [3.8, 4) is 0 Å². The van der Waals surface area contributed by atoms with Crippen LogP contribution in [0.2, 0.25) is 0 Å². The zero-order valence-electron chi connectivity index (χ0n) is 11.2. The zero-order chi connectivity index (χ0) is 12.7. The number of piperidine rings is 1. The largest absolute Gasteiger partial charge is 0.353 e. The predicted octanol–water partition coefficient (Wildman–Crippen LogP) is 0.962. The minimum atomic E-state index is -0.360. The van der Waals surface area contributed by atoms with Gasteiger partial charge in [-0.3, -0.25) is 4.79 Å². The highest BCUT2D eigenvalue weighted by Crippen LogP contribution is 2.07. The number of hydrogen-bond acceptors (Lipinski definition) is 3. The van der Waals surface area contributed by atoms with Gasteiger partial charge in [-0.05, 0) is 31.8 Å².